The fourth-order valence-corrected chi connectivity index (χ4v) is 1.73. The highest BCUT2D eigenvalue weighted by atomic mass is 19.1. The first kappa shape index (κ1) is 14.1. The average Bonchev–Trinajstić information content (AvgIpc) is 2.20. The van der Waals surface area contributed by atoms with Crippen LogP contribution in [-0.2, 0) is 6.54 Å². The number of hydrogen-bond acceptors (Lipinski definition) is 2. The molecule has 0 aromatic heterocycles. The number of halogens is 2. The van der Waals surface area contributed by atoms with Crippen molar-refractivity contribution in [3.8, 4) is 0 Å². The molecule has 0 bridgehead atoms. The van der Waals surface area contributed by atoms with Gasteiger partial charge in [0.25, 0.3) is 0 Å². The molecule has 0 aliphatic rings. The standard InChI is InChI=1S/C13H19F2NO/c1-4-16(9-13(2,3)17)8-10-11(14)6-5-7-12(10)15/h5-7,17H,4,8-9H2,1-3H3. The number of aliphatic hydroxyl groups is 1. The average molecular weight is 243 g/mol. The molecule has 1 rings (SSSR count). The van der Waals surface area contributed by atoms with E-state index < -0.39 is 17.2 Å². The first-order valence-corrected chi connectivity index (χ1v) is 5.71. The summed E-state index contributed by atoms with van der Waals surface area (Å²) in [7, 11) is 0. The van der Waals surface area contributed by atoms with Crippen LogP contribution >= 0.6 is 0 Å². The summed E-state index contributed by atoms with van der Waals surface area (Å²) in [4.78, 5) is 1.81. The van der Waals surface area contributed by atoms with Crippen LogP contribution in [0.3, 0.4) is 0 Å². The third-order valence-electron chi connectivity index (χ3n) is 2.50. The van der Waals surface area contributed by atoms with E-state index in [1.807, 2.05) is 11.8 Å². The van der Waals surface area contributed by atoms with Crippen LogP contribution in [0.15, 0.2) is 18.2 Å². The SMILES string of the molecule is CCN(Cc1c(F)cccc1F)CC(C)(C)O. The molecule has 0 heterocycles. The Morgan fingerprint density at radius 3 is 2.18 bits per heavy atom. The van der Waals surface area contributed by atoms with E-state index >= 15 is 0 Å². The largest absolute Gasteiger partial charge is 0.389 e. The Labute approximate surface area is 101 Å². The number of nitrogens with zero attached hydrogens (tertiary/aromatic N) is 1. The zero-order chi connectivity index (χ0) is 13.1. The summed E-state index contributed by atoms with van der Waals surface area (Å²) in [6.45, 7) is 6.40. The van der Waals surface area contributed by atoms with E-state index in [9.17, 15) is 13.9 Å². The van der Waals surface area contributed by atoms with Gasteiger partial charge < -0.3 is 5.11 Å². The van der Waals surface area contributed by atoms with Gasteiger partial charge in [-0.05, 0) is 32.5 Å². The molecule has 2 nitrogen and oxygen atoms in total. The summed E-state index contributed by atoms with van der Waals surface area (Å²) in [5.74, 6) is -1.08. The van der Waals surface area contributed by atoms with Gasteiger partial charge in [-0.3, -0.25) is 4.90 Å². The van der Waals surface area contributed by atoms with Crippen LogP contribution in [0.5, 0.6) is 0 Å². The minimum atomic E-state index is -0.877. The Morgan fingerprint density at radius 1 is 1.24 bits per heavy atom. The van der Waals surface area contributed by atoms with Gasteiger partial charge in [-0.1, -0.05) is 13.0 Å². The lowest BCUT2D eigenvalue weighted by Crippen LogP contribution is -2.38. The predicted molar refractivity (Wildman–Crippen MR) is 63.6 cm³/mol. The lowest BCUT2D eigenvalue weighted by molar-refractivity contribution is 0.0346. The summed E-state index contributed by atoms with van der Waals surface area (Å²) in [5.41, 5.74) is -0.823. The second kappa shape index (κ2) is 5.56. The van der Waals surface area contributed by atoms with E-state index in [1.54, 1.807) is 13.8 Å². The smallest absolute Gasteiger partial charge is 0.130 e. The maximum atomic E-state index is 13.5. The molecular formula is C13H19F2NO. The topological polar surface area (TPSA) is 23.5 Å². The Morgan fingerprint density at radius 2 is 1.76 bits per heavy atom. The molecule has 0 amide bonds. The molecule has 96 valence electrons. The molecule has 0 atom stereocenters. The third-order valence-corrected chi connectivity index (χ3v) is 2.50. The fraction of sp³-hybridized carbons (Fsp3) is 0.538. The first-order valence-electron chi connectivity index (χ1n) is 5.71. The summed E-state index contributed by atoms with van der Waals surface area (Å²) in [6.07, 6.45) is 0. The minimum Gasteiger partial charge on any atom is -0.389 e. The van der Waals surface area contributed by atoms with Crippen LogP contribution in [0.2, 0.25) is 0 Å². The van der Waals surface area contributed by atoms with Gasteiger partial charge in [0.05, 0.1) is 5.60 Å². The van der Waals surface area contributed by atoms with Crippen molar-refractivity contribution in [1.82, 2.24) is 4.90 Å². The van der Waals surface area contributed by atoms with Crippen LogP contribution in [-0.4, -0.2) is 28.7 Å². The van der Waals surface area contributed by atoms with Crippen LogP contribution in [0.25, 0.3) is 0 Å². The van der Waals surface area contributed by atoms with Crippen LogP contribution in [0, 0.1) is 11.6 Å². The van der Waals surface area contributed by atoms with Gasteiger partial charge >= 0.3 is 0 Å². The molecule has 1 aromatic rings. The second-order valence-electron chi connectivity index (χ2n) is 4.82. The molecule has 1 N–H and O–H groups in total. The van der Waals surface area contributed by atoms with E-state index in [1.165, 1.54) is 18.2 Å². The monoisotopic (exact) mass is 243 g/mol. The molecule has 1 aromatic carbocycles. The summed E-state index contributed by atoms with van der Waals surface area (Å²) >= 11 is 0. The highest BCUT2D eigenvalue weighted by Gasteiger charge is 2.19. The second-order valence-corrected chi connectivity index (χ2v) is 4.82. The van der Waals surface area contributed by atoms with Gasteiger partial charge in [0, 0.05) is 18.7 Å². The van der Waals surface area contributed by atoms with Crippen molar-refractivity contribution in [1.29, 1.82) is 0 Å². The van der Waals surface area contributed by atoms with Crippen molar-refractivity contribution in [2.45, 2.75) is 32.9 Å². The number of likely N-dealkylation sites (N-methyl/N-ethyl adjacent to an activating group) is 1. The van der Waals surface area contributed by atoms with Gasteiger partial charge in [-0.2, -0.15) is 0 Å². The highest BCUT2D eigenvalue weighted by Crippen LogP contribution is 2.16. The molecule has 0 saturated heterocycles. The van der Waals surface area contributed by atoms with Gasteiger partial charge in [-0.15, -0.1) is 0 Å². The third kappa shape index (κ3) is 4.40. The van der Waals surface area contributed by atoms with Crippen molar-refractivity contribution >= 4 is 0 Å². The highest BCUT2D eigenvalue weighted by molar-refractivity contribution is 5.19. The van der Waals surface area contributed by atoms with Crippen molar-refractivity contribution in [3.63, 3.8) is 0 Å². The van der Waals surface area contributed by atoms with Crippen molar-refractivity contribution < 1.29 is 13.9 Å². The maximum absolute atomic E-state index is 13.5. The van der Waals surface area contributed by atoms with Crippen LogP contribution < -0.4 is 0 Å². The van der Waals surface area contributed by atoms with E-state index in [0.717, 1.165) is 0 Å². The van der Waals surface area contributed by atoms with Crippen LogP contribution in [0.1, 0.15) is 26.3 Å². The number of rotatable bonds is 5. The lowest BCUT2D eigenvalue weighted by atomic mass is 10.1. The zero-order valence-electron chi connectivity index (χ0n) is 10.5. The van der Waals surface area contributed by atoms with E-state index in [2.05, 4.69) is 0 Å². The predicted octanol–water partition coefficient (Wildman–Crippen LogP) is 2.56. The summed E-state index contributed by atoms with van der Waals surface area (Å²) < 4.78 is 26.9. The van der Waals surface area contributed by atoms with Gasteiger partial charge in [0.2, 0.25) is 0 Å². The Balaban J connectivity index is 2.81. The molecule has 0 aliphatic carbocycles. The van der Waals surface area contributed by atoms with Crippen molar-refractivity contribution in [2.24, 2.45) is 0 Å². The summed E-state index contributed by atoms with van der Waals surface area (Å²) in [6, 6.07) is 3.84. The van der Waals surface area contributed by atoms with E-state index in [4.69, 9.17) is 0 Å². The maximum Gasteiger partial charge on any atom is 0.130 e. The Kier molecular flexibility index (Phi) is 4.60. The minimum absolute atomic E-state index is 0.0543. The normalized spacial score (nSPS) is 12.2. The lowest BCUT2D eigenvalue weighted by Gasteiger charge is -2.28. The molecular weight excluding hydrogens is 224 g/mol. The molecule has 0 fully saturated rings. The molecule has 0 unspecified atom stereocenters. The fourth-order valence-electron chi connectivity index (χ4n) is 1.73. The number of benzene rings is 1. The van der Waals surface area contributed by atoms with Gasteiger partial charge in [-0.25, -0.2) is 8.78 Å². The van der Waals surface area contributed by atoms with Crippen LogP contribution in [0.4, 0.5) is 8.78 Å². The first-order chi connectivity index (χ1) is 7.83. The Hall–Kier alpha value is -1.00. The van der Waals surface area contributed by atoms with Crippen molar-refractivity contribution in [2.75, 3.05) is 13.1 Å². The molecule has 0 radical (unpaired) electrons. The molecule has 0 aliphatic heterocycles. The summed E-state index contributed by atoms with van der Waals surface area (Å²) in [5, 5.41) is 9.71. The quantitative estimate of drug-likeness (QED) is 0.859. The molecule has 0 spiro atoms. The van der Waals surface area contributed by atoms with Crippen molar-refractivity contribution in [3.05, 3.63) is 35.4 Å². The Bertz CT molecular complexity index is 354. The molecule has 0 saturated carbocycles. The van der Waals surface area contributed by atoms with E-state index in [-0.39, 0.29) is 12.1 Å². The number of hydrogen-bond donors (Lipinski definition) is 1. The zero-order valence-corrected chi connectivity index (χ0v) is 10.5. The van der Waals surface area contributed by atoms with Gasteiger partial charge in [0.1, 0.15) is 11.6 Å². The van der Waals surface area contributed by atoms with E-state index in [0.29, 0.717) is 13.1 Å². The molecule has 17 heavy (non-hydrogen) atoms. The molecule has 4 heteroatoms. The van der Waals surface area contributed by atoms with Gasteiger partial charge in [0.15, 0.2) is 0 Å².